The number of amides is 1. The number of anilines is 3. The third kappa shape index (κ3) is 3.31. The molecule has 20 heavy (non-hydrogen) atoms. The lowest BCUT2D eigenvalue weighted by Gasteiger charge is -2.07. The molecule has 0 unspecified atom stereocenters. The van der Waals surface area contributed by atoms with Crippen molar-refractivity contribution in [3.63, 3.8) is 0 Å². The van der Waals surface area contributed by atoms with Crippen molar-refractivity contribution in [3.8, 4) is 0 Å². The number of nitrogens with zero attached hydrogens (tertiary/aromatic N) is 2. The second-order valence-electron chi connectivity index (χ2n) is 4.18. The Morgan fingerprint density at radius 3 is 2.70 bits per heavy atom. The number of hydrogen-bond acceptors (Lipinski definition) is 5. The Hall–Kier alpha value is -1.12. The topological polar surface area (TPSA) is 71.2 Å². The molecule has 1 heterocycles. The van der Waals surface area contributed by atoms with Crippen LogP contribution in [0.1, 0.15) is 9.67 Å². The average Bonchev–Trinajstić information content (AvgIpc) is 2.76. The molecule has 3 N–H and O–H groups in total. The van der Waals surface area contributed by atoms with E-state index in [1.165, 1.54) is 11.3 Å². The first-order valence-electron chi connectivity index (χ1n) is 5.58. The number of aromatic nitrogens is 1. The summed E-state index contributed by atoms with van der Waals surface area (Å²) in [5, 5.41) is 3.51. The van der Waals surface area contributed by atoms with Crippen molar-refractivity contribution in [2.75, 3.05) is 30.0 Å². The molecule has 1 aromatic carbocycles. The number of thiazole rings is 1. The van der Waals surface area contributed by atoms with Crippen molar-refractivity contribution in [1.82, 2.24) is 4.98 Å². The van der Waals surface area contributed by atoms with E-state index in [1.807, 2.05) is 37.2 Å². The minimum atomic E-state index is -0.271. The molecule has 0 radical (unpaired) electrons. The first-order valence-corrected chi connectivity index (χ1v) is 7.98. The van der Waals surface area contributed by atoms with Crippen LogP contribution >= 0.6 is 43.2 Å². The van der Waals surface area contributed by atoms with Gasteiger partial charge in [0.25, 0.3) is 5.91 Å². The van der Waals surface area contributed by atoms with Gasteiger partial charge in [0, 0.05) is 23.0 Å². The molecule has 0 saturated heterocycles. The Bertz CT molecular complexity index is 657. The van der Waals surface area contributed by atoms with Crippen LogP contribution in [-0.2, 0) is 0 Å². The van der Waals surface area contributed by atoms with E-state index in [9.17, 15) is 4.79 Å². The van der Waals surface area contributed by atoms with Crippen molar-refractivity contribution >= 4 is 65.7 Å². The molecule has 2 rings (SSSR count). The zero-order valence-corrected chi connectivity index (χ0v) is 14.8. The summed E-state index contributed by atoms with van der Waals surface area (Å²) in [5.74, 6) is -0.0331. The highest BCUT2D eigenvalue weighted by molar-refractivity contribution is 9.11. The number of nitrogen functional groups attached to an aromatic ring is 1. The van der Waals surface area contributed by atoms with E-state index in [0.717, 1.165) is 8.95 Å². The second-order valence-corrected chi connectivity index (χ2v) is 6.93. The summed E-state index contributed by atoms with van der Waals surface area (Å²) < 4.78 is 1.67. The summed E-state index contributed by atoms with van der Waals surface area (Å²) in [6, 6.07) is 5.54. The Balaban J connectivity index is 2.26. The molecule has 5 nitrogen and oxygen atoms in total. The summed E-state index contributed by atoms with van der Waals surface area (Å²) >= 11 is 8.01. The standard InChI is InChI=1S/C12H12Br2N4OS/c1-18(2)12-17-10(15)9(20-12)11(19)16-8-5-6(13)3-4-7(8)14/h3-5H,15H2,1-2H3,(H,16,19). The van der Waals surface area contributed by atoms with Gasteiger partial charge in [-0.25, -0.2) is 4.98 Å². The Kier molecular flexibility index (Phi) is 4.66. The highest BCUT2D eigenvalue weighted by Crippen LogP contribution is 2.30. The van der Waals surface area contributed by atoms with Crippen LogP contribution in [-0.4, -0.2) is 25.0 Å². The molecule has 2 aromatic rings. The fraction of sp³-hybridized carbons (Fsp3) is 0.167. The summed E-state index contributed by atoms with van der Waals surface area (Å²) in [7, 11) is 3.70. The Morgan fingerprint density at radius 2 is 2.10 bits per heavy atom. The number of halogens is 2. The minimum absolute atomic E-state index is 0.238. The summed E-state index contributed by atoms with van der Waals surface area (Å²) in [4.78, 5) is 18.6. The number of hydrogen-bond donors (Lipinski definition) is 2. The van der Waals surface area contributed by atoms with Gasteiger partial charge >= 0.3 is 0 Å². The normalized spacial score (nSPS) is 10.4. The maximum atomic E-state index is 12.3. The first-order chi connectivity index (χ1) is 9.38. The van der Waals surface area contributed by atoms with E-state index in [2.05, 4.69) is 42.2 Å². The Morgan fingerprint density at radius 1 is 1.40 bits per heavy atom. The lowest BCUT2D eigenvalue weighted by Crippen LogP contribution is -2.12. The predicted molar refractivity (Wildman–Crippen MR) is 90.6 cm³/mol. The van der Waals surface area contributed by atoms with Crippen LogP contribution in [0.4, 0.5) is 16.6 Å². The molecular weight excluding hydrogens is 408 g/mol. The predicted octanol–water partition coefficient (Wildman–Crippen LogP) is 3.57. The quantitative estimate of drug-likeness (QED) is 0.797. The first kappa shape index (κ1) is 15.3. The molecule has 0 fully saturated rings. The van der Waals surface area contributed by atoms with Gasteiger partial charge in [-0.2, -0.15) is 0 Å². The van der Waals surface area contributed by atoms with Gasteiger partial charge < -0.3 is 16.0 Å². The number of nitrogens with two attached hydrogens (primary N) is 1. The molecule has 0 bridgehead atoms. The van der Waals surface area contributed by atoms with E-state index in [0.29, 0.717) is 15.7 Å². The molecule has 0 spiro atoms. The summed E-state index contributed by atoms with van der Waals surface area (Å²) in [5.41, 5.74) is 6.46. The van der Waals surface area contributed by atoms with Gasteiger partial charge in [0.15, 0.2) is 5.13 Å². The molecule has 0 aliphatic carbocycles. The van der Waals surface area contributed by atoms with E-state index in [-0.39, 0.29) is 11.7 Å². The SMILES string of the molecule is CN(C)c1nc(N)c(C(=O)Nc2cc(Br)ccc2Br)s1. The third-order valence-electron chi connectivity index (χ3n) is 2.41. The van der Waals surface area contributed by atoms with Gasteiger partial charge in [-0.05, 0) is 34.1 Å². The van der Waals surface area contributed by atoms with Gasteiger partial charge in [0.05, 0.1) is 5.69 Å². The highest BCUT2D eigenvalue weighted by atomic mass is 79.9. The largest absolute Gasteiger partial charge is 0.382 e. The monoisotopic (exact) mass is 418 g/mol. The maximum Gasteiger partial charge on any atom is 0.269 e. The van der Waals surface area contributed by atoms with Gasteiger partial charge in [0.2, 0.25) is 0 Å². The number of benzene rings is 1. The average molecular weight is 420 g/mol. The van der Waals surface area contributed by atoms with Crippen LogP contribution < -0.4 is 16.0 Å². The van der Waals surface area contributed by atoms with E-state index in [1.54, 1.807) is 0 Å². The van der Waals surface area contributed by atoms with Crippen LogP contribution in [0, 0.1) is 0 Å². The molecule has 0 saturated carbocycles. The van der Waals surface area contributed by atoms with Crippen LogP contribution in [0.15, 0.2) is 27.1 Å². The highest BCUT2D eigenvalue weighted by Gasteiger charge is 2.18. The molecule has 0 aliphatic rings. The molecular formula is C12H12Br2N4OS. The van der Waals surface area contributed by atoms with E-state index < -0.39 is 0 Å². The van der Waals surface area contributed by atoms with Crippen LogP contribution in [0.25, 0.3) is 0 Å². The van der Waals surface area contributed by atoms with Gasteiger partial charge in [0.1, 0.15) is 10.7 Å². The zero-order chi connectivity index (χ0) is 14.9. The smallest absolute Gasteiger partial charge is 0.269 e. The molecule has 1 amide bonds. The molecule has 8 heteroatoms. The van der Waals surface area contributed by atoms with Crippen LogP contribution in [0.3, 0.4) is 0 Å². The van der Waals surface area contributed by atoms with Gasteiger partial charge in [-0.1, -0.05) is 27.3 Å². The fourth-order valence-electron chi connectivity index (χ4n) is 1.45. The minimum Gasteiger partial charge on any atom is -0.382 e. The molecule has 0 atom stereocenters. The van der Waals surface area contributed by atoms with Crippen molar-refractivity contribution in [1.29, 1.82) is 0 Å². The Labute approximate surface area is 137 Å². The lowest BCUT2D eigenvalue weighted by atomic mass is 10.3. The van der Waals surface area contributed by atoms with Gasteiger partial charge in [-0.3, -0.25) is 4.79 Å². The van der Waals surface area contributed by atoms with Gasteiger partial charge in [-0.15, -0.1) is 0 Å². The van der Waals surface area contributed by atoms with Crippen LogP contribution in [0.5, 0.6) is 0 Å². The third-order valence-corrected chi connectivity index (χ3v) is 4.83. The summed E-state index contributed by atoms with van der Waals surface area (Å²) in [6.45, 7) is 0. The van der Waals surface area contributed by atoms with Crippen LogP contribution in [0.2, 0.25) is 0 Å². The molecule has 0 aliphatic heterocycles. The number of nitrogens with one attached hydrogen (secondary N) is 1. The fourth-order valence-corrected chi connectivity index (χ4v) is 2.96. The van der Waals surface area contributed by atoms with Crippen molar-refractivity contribution in [2.24, 2.45) is 0 Å². The zero-order valence-electron chi connectivity index (χ0n) is 10.8. The summed E-state index contributed by atoms with van der Waals surface area (Å²) in [6.07, 6.45) is 0. The molecule has 1 aromatic heterocycles. The van der Waals surface area contributed by atoms with Crippen molar-refractivity contribution in [2.45, 2.75) is 0 Å². The number of carbonyl (C=O) groups is 1. The molecule has 106 valence electrons. The number of rotatable bonds is 3. The lowest BCUT2D eigenvalue weighted by molar-refractivity contribution is 0.103. The number of carbonyl (C=O) groups excluding carboxylic acids is 1. The van der Waals surface area contributed by atoms with E-state index in [4.69, 9.17) is 5.73 Å². The maximum absolute atomic E-state index is 12.3. The van der Waals surface area contributed by atoms with Crippen molar-refractivity contribution in [3.05, 3.63) is 32.0 Å². The second kappa shape index (κ2) is 6.11. The van der Waals surface area contributed by atoms with E-state index >= 15 is 0 Å². The van der Waals surface area contributed by atoms with Crippen molar-refractivity contribution < 1.29 is 4.79 Å².